The Hall–Kier alpha value is -3.26. The Labute approximate surface area is 190 Å². The number of esters is 1. The molecule has 0 saturated carbocycles. The zero-order chi connectivity index (χ0) is 22.5. The first kappa shape index (κ1) is 22.0. The van der Waals surface area contributed by atoms with Gasteiger partial charge in [-0.15, -0.1) is 11.8 Å². The maximum absolute atomic E-state index is 12.7. The number of benzene rings is 2. The number of methoxy groups -OCH3 is 2. The molecule has 32 heavy (non-hydrogen) atoms. The normalized spacial score (nSPS) is 12.1. The fourth-order valence-corrected chi connectivity index (χ4v) is 4.54. The Balaban J connectivity index is 1.43. The van der Waals surface area contributed by atoms with E-state index in [0.717, 1.165) is 27.5 Å². The number of nitrogens with zero attached hydrogens (tertiary/aromatic N) is 2. The molecule has 0 spiro atoms. The van der Waals surface area contributed by atoms with E-state index in [4.69, 9.17) is 14.2 Å². The molecule has 0 radical (unpaired) electrons. The highest BCUT2D eigenvalue weighted by Crippen LogP contribution is 2.34. The van der Waals surface area contributed by atoms with Crippen LogP contribution in [0.2, 0.25) is 0 Å². The van der Waals surface area contributed by atoms with Crippen molar-refractivity contribution in [2.75, 3.05) is 14.2 Å². The Morgan fingerprint density at radius 1 is 1.12 bits per heavy atom. The lowest BCUT2D eigenvalue weighted by Crippen LogP contribution is -2.20. The maximum Gasteiger partial charge on any atom is 0.319 e. The molecule has 0 saturated heterocycles. The van der Waals surface area contributed by atoms with E-state index in [1.807, 2.05) is 49.4 Å². The number of fused-ring (bicyclic) bond motifs is 2. The van der Waals surface area contributed by atoms with Crippen LogP contribution < -0.4 is 9.47 Å². The second kappa shape index (κ2) is 9.91. The summed E-state index contributed by atoms with van der Waals surface area (Å²) in [5.74, 6) is 2.28. The average molecular weight is 452 g/mol. The lowest BCUT2D eigenvalue weighted by atomic mass is 10.1. The van der Waals surface area contributed by atoms with Crippen LogP contribution in [-0.2, 0) is 21.9 Å². The largest absolute Gasteiger partial charge is 0.493 e. The number of aromatic amines is 1. The highest BCUT2D eigenvalue weighted by atomic mass is 32.2. The molecule has 0 aliphatic heterocycles. The molecule has 2 aromatic heterocycles. The van der Waals surface area contributed by atoms with Crippen molar-refractivity contribution in [1.29, 1.82) is 0 Å². The number of aromatic nitrogens is 3. The van der Waals surface area contributed by atoms with Crippen LogP contribution in [-0.4, -0.2) is 40.4 Å². The van der Waals surface area contributed by atoms with Crippen LogP contribution in [0.15, 0.2) is 48.7 Å². The zero-order valence-electron chi connectivity index (χ0n) is 18.3. The van der Waals surface area contributed by atoms with Crippen molar-refractivity contribution in [3.05, 3.63) is 60.2 Å². The van der Waals surface area contributed by atoms with Crippen LogP contribution in [0.25, 0.3) is 21.8 Å². The van der Waals surface area contributed by atoms with Crippen molar-refractivity contribution in [2.45, 2.75) is 31.0 Å². The van der Waals surface area contributed by atoms with E-state index in [0.29, 0.717) is 29.5 Å². The van der Waals surface area contributed by atoms with Crippen molar-refractivity contribution < 1.29 is 19.0 Å². The third-order valence-corrected chi connectivity index (χ3v) is 6.56. The van der Waals surface area contributed by atoms with Crippen molar-refractivity contribution in [3.8, 4) is 11.5 Å². The summed E-state index contributed by atoms with van der Waals surface area (Å²) in [6.45, 7) is 2.10. The number of carbonyl (C=O) groups excluding carboxylic acids is 1. The van der Waals surface area contributed by atoms with Crippen molar-refractivity contribution >= 4 is 39.5 Å². The van der Waals surface area contributed by atoms with Gasteiger partial charge in [-0.25, -0.2) is 4.98 Å². The molecular weight excluding hydrogens is 426 g/mol. The quantitative estimate of drug-likeness (QED) is 0.363. The molecule has 0 fully saturated rings. The molecule has 1 atom stereocenters. The number of hydrogen-bond donors (Lipinski definition) is 1. The molecule has 1 N–H and O–H groups in total. The smallest absolute Gasteiger partial charge is 0.319 e. The van der Waals surface area contributed by atoms with Gasteiger partial charge in [-0.2, -0.15) is 0 Å². The van der Waals surface area contributed by atoms with Crippen molar-refractivity contribution in [2.24, 2.45) is 0 Å². The van der Waals surface area contributed by atoms with Crippen LogP contribution in [0, 0.1) is 0 Å². The SMILES string of the molecule is CCC(SCc1nccc2cc(OC)c(OC)cc12)C(=O)OCc1nc2ccccc2[nH]1. The second-order valence-corrected chi connectivity index (χ2v) is 8.39. The van der Waals surface area contributed by atoms with Gasteiger partial charge in [-0.05, 0) is 42.1 Å². The number of thioether (sulfide) groups is 1. The van der Waals surface area contributed by atoms with E-state index < -0.39 is 0 Å². The Morgan fingerprint density at radius 3 is 2.66 bits per heavy atom. The van der Waals surface area contributed by atoms with Gasteiger partial charge in [0.2, 0.25) is 0 Å². The molecule has 0 aliphatic rings. The molecule has 0 amide bonds. The van der Waals surface area contributed by atoms with Crippen LogP contribution >= 0.6 is 11.8 Å². The Bertz CT molecular complexity index is 1210. The predicted molar refractivity (Wildman–Crippen MR) is 126 cm³/mol. The summed E-state index contributed by atoms with van der Waals surface area (Å²) in [5.41, 5.74) is 2.67. The van der Waals surface area contributed by atoms with Gasteiger partial charge in [0.1, 0.15) is 17.7 Å². The molecule has 4 rings (SSSR count). The minimum Gasteiger partial charge on any atom is -0.493 e. The molecule has 0 aliphatic carbocycles. The minimum atomic E-state index is -0.295. The van der Waals surface area contributed by atoms with Crippen LogP contribution in [0.1, 0.15) is 24.9 Å². The molecule has 0 bridgehead atoms. The highest BCUT2D eigenvalue weighted by Gasteiger charge is 2.20. The topological polar surface area (TPSA) is 86.3 Å². The fourth-order valence-electron chi connectivity index (χ4n) is 3.51. The number of pyridine rings is 1. The first-order valence-electron chi connectivity index (χ1n) is 10.3. The Kier molecular flexibility index (Phi) is 6.80. The fraction of sp³-hybridized carbons (Fsp3) is 0.292. The summed E-state index contributed by atoms with van der Waals surface area (Å²) in [6.07, 6.45) is 2.43. The third-order valence-electron chi connectivity index (χ3n) is 5.20. The number of ether oxygens (including phenoxy) is 3. The monoisotopic (exact) mass is 451 g/mol. The van der Waals surface area contributed by atoms with Crippen LogP contribution in [0.5, 0.6) is 11.5 Å². The molecule has 2 aromatic carbocycles. The predicted octanol–water partition coefficient (Wildman–Crippen LogP) is 4.88. The van der Waals surface area contributed by atoms with Crippen LogP contribution in [0.3, 0.4) is 0 Å². The zero-order valence-corrected chi connectivity index (χ0v) is 19.1. The number of H-pyrrole nitrogens is 1. The number of para-hydroxylation sites is 2. The molecule has 4 aromatic rings. The summed E-state index contributed by atoms with van der Waals surface area (Å²) >= 11 is 1.52. The molecular formula is C24H25N3O4S. The highest BCUT2D eigenvalue weighted by molar-refractivity contribution is 7.99. The lowest BCUT2D eigenvalue weighted by Gasteiger charge is -2.15. The van der Waals surface area contributed by atoms with E-state index in [-0.39, 0.29) is 17.8 Å². The first-order valence-corrected chi connectivity index (χ1v) is 11.4. The molecule has 8 heteroatoms. The lowest BCUT2D eigenvalue weighted by molar-refractivity contribution is -0.144. The van der Waals surface area contributed by atoms with Gasteiger partial charge in [0.25, 0.3) is 0 Å². The summed E-state index contributed by atoms with van der Waals surface area (Å²) < 4.78 is 16.4. The van der Waals surface area contributed by atoms with Crippen molar-refractivity contribution in [3.63, 3.8) is 0 Å². The number of nitrogens with one attached hydrogen (secondary N) is 1. The van der Waals surface area contributed by atoms with E-state index in [9.17, 15) is 4.79 Å². The van der Waals surface area contributed by atoms with Gasteiger partial charge in [-0.3, -0.25) is 9.78 Å². The van der Waals surface area contributed by atoms with Gasteiger partial charge < -0.3 is 19.2 Å². The van der Waals surface area contributed by atoms with E-state index in [1.165, 1.54) is 11.8 Å². The van der Waals surface area contributed by atoms with E-state index >= 15 is 0 Å². The van der Waals surface area contributed by atoms with Gasteiger partial charge in [-0.1, -0.05) is 19.1 Å². The Morgan fingerprint density at radius 2 is 1.91 bits per heavy atom. The van der Waals surface area contributed by atoms with Gasteiger partial charge in [0.15, 0.2) is 11.5 Å². The standard InChI is InChI=1S/C24H25N3O4S/c1-4-22(24(28)31-13-23-26-17-7-5-6-8-18(17)27-23)32-14-19-16-12-21(30-3)20(29-2)11-15(16)9-10-25-19/h5-12,22H,4,13-14H2,1-3H3,(H,26,27). The minimum absolute atomic E-state index is 0.119. The summed E-state index contributed by atoms with van der Waals surface area (Å²) in [6, 6.07) is 13.5. The third kappa shape index (κ3) is 4.65. The number of carbonyl (C=O) groups is 1. The number of imidazole rings is 1. The van der Waals surface area contributed by atoms with Gasteiger partial charge in [0, 0.05) is 17.3 Å². The van der Waals surface area contributed by atoms with E-state index in [1.54, 1.807) is 20.4 Å². The summed E-state index contributed by atoms with van der Waals surface area (Å²) in [7, 11) is 3.23. The van der Waals surface area contributed by atoms with Gasteiger partial charge >= 0.3 is 5.97 Å². The number of rotatable bonds is 9. The maximum atomic E-state index is 12.7. The van der Waals surface area contributed by atoms with Crippen molar-refractivity contribution in [1.82, 2.24) is 15.0 Å². The molecule has 166 valence electrons. The average Bonchev–Trinajstić information content (AvgIpc) is 3.25. The molecule has 7 nitrogen and oxygen atoms in total. The second-order valence-electron chi connectivity index (χ2n) is 7.20. The van der Waals surface area contributed by atoms with Crippen LogP contribution in [0.4, 0.5) is 0 Å². The summed E-state index contributed by atoms with van der Waals surface area (Å²) in [5, 5.41) is 1.69. The number of hydrogen-bond acceptors (Lipinski definition) is 7. The summed E-state index contributed by atoms with van der Waals surface area (Å²) in [4.78, 5) is 24.9. The van der Waals surface area contributed by atoms with E-state index in [2.05, 4.69) is 15.0 Å². The molecule has 2 heterocycles. The molecule has 1 unspecified atom stereocenters. The van der Waals surface area contributed by atoms with Gasteiger partial charge in [0.05, 0.1) is 30.9 Å². The first-order chi connectivity index (χ1) is 15.6.